The van der Waals surface area contributed by atoms with E-state index in [1.807, 2.05) is 38.1 Å². The van der Waals surface area contributed by atoms with Gasteiger partial charge < -0.3 is 5.32 Å². The standard InChI is InChI=1S/C15H16N6O/c1-4-12-17-15-19-18-13(10(3)21(15)20-12)14(22)16-11-7-5-9(2)6-8-11/h5-8H,4H2,1-3H3,(H,16,22). The summed E-state index contributed by atoms with van der Waals surface area (Å²) in [7, 11) is 0. The summed E-state index contributed by atoms with van der Waals surface area (Å²) in [6.07, 6.45) is 0.702. The zero-order valence-corrected chi connectivity index (χ0v) is 12.7. The number of aryl methyl sites for hydroxylation is 3. The molecule has 0 fully saturated rings. The SMILES string of the molecule is CCc1nc2nnc(C(=O)Nc3ccc(C)cc3)c(C)n2n1. The van der Waals surface area contributed by atoms with Crippen LogP contribution in [0.15, 0.2) is 24.3 Å². The van der Waals surface area contributed by atoms with Crippen LogP contribution in [0.4, 0.5) is 5.69 Å². The Morgan fingerprint density at radius 2 is 1.91 bits per heavy atom. The summed E-state index contributed by atoms with van der Waals surface area (Å²) in [6, 6.07) is 7.56. The largest absolute Gasteiger partial charge is 0.321 e. The number of nitrogens with one attached hydrogen (secondary N) is 1. The second-order valence-corrected chi connectivity index (χ2v) is 5.05. The van der Waals surface area contributed by atoms with E-state index in [4.69, 9.17) is 0 Å². The number of hydrogen-bond donors (Lipinski definition) is 1. The first kappa shape index (κ1) is 14.1. The molecule has 0 aliphatic carbocycles. The van der Waals surface area contributed by atoms with Crippen LogP contribution in [-0.4, -0.2) is 30.7 Å². The summed E-state index contributed by atoms with van der Waals surface area (Å²) < 4.78 is 1.55. The maximum atomic E-state index is 12.4. The predicted octanol–water partition coefficient (Wildman–Crippen LogP) is 1.95. The van der Waals surface area contributed by atoms with E-state index in [0.717, 1.165) is 5.56 Å². The first-order valence-electron chi connectivity index (χ1n) is 7.05. The highest BCUT2D eigenvalue weighted by Crippen LogP contribution is 2.12. The Morgan fingerprint density at radius 1 is 1.18 bits per heavy atom. The molecule has 22 heavy (non-hydrogen) atoms. The summed E-state index contributed by atoms with van der Waals surface area (Å²) in [5, 5.41) is 15.1. The van der Waals surface area contributed by atoms with Crippen LogP contribution in [0.1, 0.15) is 34.5 Å². The molecule has 2 heterocycles. The lowest BCUT2D eigenvalue weighted by Gasteiger charge is -2.07. The highest BCUT2D eigenvalue weighted by molar-refractivity contribution is 6.03. The third kappa shape index (κ3) is 2.52. The van der Waals surface area contributed by atoms with Crippen molar-refractivity contribution in [3.8, 4) is 0 Å². The van der Waals surface area contributed by atoms with Crippen LogP contribution in [0, 0.1) is 13.8 Å². The maximum absolute atomic E-state index is 12.4. The summed E-state index contributed by atoms with van der Waals surface area (Å²) in [5.41, 5.74) is 2.69. The topological polar surface area (TPSA) is 85.1 Å². The van der Waals surface area contributed by atoms with Gasteiger partial charge in [0.2, 0.25) is 0 Å². The third-order valence-electron chi connectivity index (χ3n) is 3.37. The number of carbonyl (C=O) groups is 1. The van der Waals surface area contributed by atoms with Gasteiger partial charge in [-0.1, -0.05) is 24.6 Å². The summed E-state index contributed by atoms with van der Waals surface area (Å²) in [5.74, 6) is 0.763. The van der Waals surface area contributed by atoms with E-state index < -0.39 is 0 Å². The van der Waals surface area contributed by atoms with Gasteiger partial charge in [-0.05, 0) is 26.0 Å². The minimum atomic E-state index is -0.315. The first-order valence-corrected chi connectivity index (χ1v) is 7.05. The van der Waals surface area contributed by atoms with E-state index in [-0.39, 0.29) is 11.6 Å². The van der Waals surface area contributed by atoms with E-state index >= 15 is 0 Å². The molecule has 7 nitrogen and oxygen atoms in total. The number of hydrogen-bond acceptors (Lipinski definition) is 5. The molecule has 3 rings (SSSR count). The second kappa shape index (κ2) is 5.51. The molecule has 0 aliphatic rings. The zero-order valence-electron chi connectivity index (χ0n) is 12.7. The van der Waals surface area contributed by atoms with Crippen LogP contribution in [0.3, 0.4) is 0 Å². The highest BCUT2D eigenvalue weighted by Gasteiger charge is 2.17. The smallest absolute Gasteiger partial charge is 0.278 e. The number of rotatable bonds is 3. The molecule has 0 bridgehead atoms. The van der Waals surface area contributed by atoms with Gasteiger partial charge in [0.25, 0.3) is 11.7 Å². The molecule has 1 N–H and O–H groups in total. The number of fused-ring (bicyclic) bond motifs is 1. The molecule has 0 unspecified atom stereocenters. The van der Waals surface area contributed by atoms with Gasteiger partial charge in [0.1, 0.15) is 0 Å². The van der Waals surface area contributed by atoms with Crippen LogP contribution in [0.2, 0.25) is 0 Å². The molecule has 0 saturated heterocycles. The highest BCUT2D eigenvalue weighted by atomic mass is 16.2. The molecule has 0 aliphatic heterocycles. The monoisotopic (exact) mass is 296 g/mol. The quantitative estimate of drug-likeness (QED) is 0.798. The molecule has 1 aromatic carbocycles. The van der Waals surface area contributed by atoms with Gasteiger partial charge in [0, 0.05) is 12.1 Å². The molecule has 3 aromatic rings. The Hall–Kier alpha value is -2.83. The van der Waals surface area contributed by atoms with Gasteiger partial charge in [0.15, 0.2) is 11.5 Å². The summed E-state index contributed by atoms with van der Waals surface area (Å²) in [6.45, 7) is 5.73. The van der Waals surface area contributed by atoms with Crippen molar-refractivity contribution in [1.82, 2.24) is 24.8 Å². The number of anilines is 1. The van der Waals surface area contributed by atoms with E-state index in [1.165, 1.54) is 0 Å². The number of aromatic nitrogens is 5. The van der Waals surface area contributed by atoms with Crippen molar-refractivity contribution in [2.24, 2.45) is 0 Å². The molecule has 0 saturated carbocycles. The van der Waals surface area contributed by atoms with Crippen molar-refractivity contribution in [1.29, 1.82) is 0 Å². The normalized spacial score (nSPS) is 10.9. The Bertz CT molecular complexity index is 837. The Balaban J connectivity index is 1.93. The fourth-order valence-electron chi connectivity index (χ4n) is 2.09. The van der Waals surface area contributed by atoms with Gasteiger partial charge in [-0.15, -0.1) is 15.3 Å². The van der Waals surface area contributed by atoms with Crippen molar-refractivity contribution >= 4 is 17.4 Å². The zero-order chi connectivity index (χ0) is 15.7. The maximum Gasteiger partial charge on any atom is 0.278 e. The number of benzene rings is 1. The summed E-state index contributed by atoms with van der Waals surface area (Å²) >= 11 is 0. The van der Waals surface area contributed by atoms with Crippen molar-refractivity contribution < 1.29 is 4.79 Å². The average Bonchev–Trinajstić information content (AvgIpc) is 2.94. The molecule has 1 amide bonds. The third-order valence-corrected chi connectivity index (χ3v) is 3.37. The Morgan fingerprint density at radius 3 is 2.59 bits per heavy atom. The lowest BCUT2D eigenvalue weighted by atomic mass is 10.2. The predicted molar refractivity (Wildman–Crippen MR) is 81.8 cm³/mol. The van der Waals surface area contributed by atoms with Gasteiger partial charge in [-0.3, -0.25) is 4.79 Å². The van der Waals surface area contributed by atoms with E-state index in [0.29, 0.717) is 29.4 Å². The average molecular weight is 296 g/mol. The van der Waals surface area contributed by atoms with Crippen molar-refractivity contribution in [3.63, 3.8) is 0 Å². The van der Waals surface area contributed by atoms with Gasteiger partial charge in [-0.2, -0.15) is 9.50 Å². The molecule has 0 radical (unpaired) electrons. The van der Waals surface area contributed by atoms with Crippen LogP contribution < -0.4 is 5.32 Å². The number of carbonyl (C=O) groups excluding carboxylic acids is 1. The van der Waals surface area contributed by atoms with E-state index in [1.54, 1.807) is 11.4 Å². The minimum Gasteiger partial charge on any atom is -0.321 e. The van der Waals surface area contributed by atoms with Crippen LogP contribution in [-0.2, 0) is 6.42 Å². The van der Waals surface area contributed by atoms with Crippen molar-refractivity contribution in [3.05, 3.63) is 47.0 Å². The molecular weight excluding hydrogens is 280 g/mol. The molecule has 7 heteroatoms. The van der Waals surface area contributed by atoms with Crippen LogP contribution in [0.5, 0.6) is 0 Å². The number of nitrogens with zero attached hydrogens (tertiary/aromatic N) is 5. The van der Waals surface area contributed by atoms with Crippen LogP contribution >= 0.6 is 0 Å². The second-order valence-electron chi connectivity index (χ2n) is 5.05. The van der Waals surface area contributed by atoms with Gasteiger partial charge in [-0.25, -0.2) is 0 Å². The number of amides is 1. The fourth-order valence-corrected chi connectivity index (χ4v) is 2.09. The Labute approximate surface area is 127 Å². The Kier molecular flexibility index (Phi) is 3.54. The molecule has 0 spiro atoms. The molecule has 112 valence electrons. The lowest BCUT2D eigenvalue weighted by Crippen LogP contribution is -2.18. The minimum absolute atomic E-state index is 0.237. The van der Waals surface area contributed by atoms with E-state index in [2.05, 4.69) is 25.6 Å². The lowest BCUT2D eigenvalue weighted by molar-refractivity contribution is 0.102. The summed E-state index contributed by atoms with van der Waals surface area (Å²) in [4.78, 5) is 16.6. The van der Waals surface area contributed by atoms with Crippen molar-refractivity contribution in [2.45, 2.75) is 27.2 Å². The van der Waals surface area contributed by atoms with E-state index in [9.17, 15) is 4.79 Å². The van der Waals surface area contributed by atoms with Gasteiger partial charge >= 0.3 is 0 Å². The molecule has 0 atom stereocenters. The molecular formula is C15H16N6O. The van der Waals surface area contributed by atoms with Gasteiger partial charge in [0.05, 0.1) is 5.69 Å². The van der Waals surface area contributed by atoms with Crippen LogP contribution in [0.25, 0.3) is 5.78 Å². The molecule has 2 aromatic heterocycles. The fraction of sp³-hybridized carbons (Fsp3) is 0.267. The first-order chi connectivity index (χ1) is 10.6. The van der Waals surface area contributed by atoms with Crippen molar-refractivity contribution in [2.75, 3.05) is 5.32 Å².